The summed E-state index contributed by atoms with van der Waals surface area (Å²) in [6.07, 6.45) is 2.21. The monoisotopic (exact) mass is 310 g/mol. The van der Waals surface area contributed by atoms with Crippen molar-refractivity contribution in [3.63, 3.8) is 0 Å². The molecular formula is C15H22N2O3S. The first-order chi connectivity index (χ1) is 10.1. The van der Waals surface area contributed by atoms with Crippen LogP contribution in [0.15, 0.2) is 30.3 Å². The average molecular weight is 310 g/mol. The molecule has 6 heteroatoms. The number of nitrogens with zero attached hydrogens (tertiary/aromatic N) is 1. The highest BCUT2D eigenvalue weighted by atomic mass is 32.2. The number of sulfonamides is 1. The molecule has 2 bridgehead atoms. The van der Waals surface area contributed by atoms with E-state index in [1.807, 2.05) is 30.3 Å². The lowest BCUT2D eigenvalue weighted by Crippen LogP contribution is -2.57. The fourth-order valence-electron chi connectivity index (χ4n) is 3.17. The summed E-state index contributed by atoms with van der Waals surface area (Å²) in [5.41, 5.74) is 0. The molecule has 1 aromatic carbocycles. The molecule has 3 aliphatic rings. The van der Waals surface area contributed by atoms with Gasteiger partial charge in [0, 0.05) is 12.6 Å². The van der Waals surface area contributed by atoms with Gasteiger partial charge in [-0.05, 0) is 44.0 Å². The van der Waals surface area contributed by atoms with Crippen LogP contribution < -0.4 is 9.46 Å². The van der Waals surface area contributed by atoms with Gasteiger partial charge in [-0.25, -0.2) is 13.1 Å². The minimum Gasteiger partial charge on any atom is -0.492 e. The van der Waals surface area contributed by atoms with Crippen LogP contribution >= 0.6 is 0 Å². The maximum atomic E-state index is 12.2. The van der Waals surface area contributed by atoms with E-state index in [0.717, 1.165) is 32.5 Å². The van der Waals surface area contributed by atoms with Crippen LogP contribution in [0.4, 0.5) is 0 Å². The molecule has 0 amide bonds. The van der Waals surface area contributed by atoms with Crippen LogP contribution in [0.1, 0.15) is 12.8 Å². The highest BCUT2D eigenvalue weighted by Crippen LogP contribution is 2.27. The molecule has 3 saturated heterocycles. The van der Waals surface area contributed by atoms with Crippen LogP contribution in [0.25, 0.3) is 0 Å². The summed E-state index contributed by atoms with van der Waals surface area (Å²) in [6, 6.07) is 9.37. The Balaban J connectivity index is 1.48. The summed E-state index contributed by atoms with van der Waals surface area (Å²) >= 11 is 0. The maximum absolute atomic E-state index is 12.2. The van der Waals surface area contributed by atoms with Crippen LogP contribution in [0.3, 0.4) is 0 Å². The molecule has 3 fully saturated rings. The van der Waals surface area contributed by atoms with E-state index in [9.17, 15) is 8.42 Å². The number of piperidine rings is 3. The summed E-state index contributed by atoms with van der Waals surface area (Å²) in [6.45, 7) is 3.25. The van der Waals surface area contributed by atoms with Crippen LogP contribution in [0.5, 0.6) is 5.75 Å². The standard InChI is InChI=1S/C15H22N2O3S/c18-21(19,11-10-20-14-4-2-1-3-5-14)16-15-12-17-8-6-13(15)7-9-17/h1-5,13,15-16H,6-12H2. The number of para-hydroxylation sites is 1. The highest BCUT2D eigenvalue weighted by molar-refractivity contribution is 7.89. The fraction of sp³-hybridized carbons (Fsp3) is 0.600. The second-order valence-corrected chi connectivity index (χ2v) is 7.72. The van der Waals surface area contributed by atoms with Crippen LogP contribution in [0, 0.1) is 5.92 Å². The first-order valence-corrected chi connectivity index (χ1v) is 9.18. The second kappa shape index (κ2) is 6.34. The van der Waals surface area contributed by atoms with Crippen molar-refractivity contribution >= 4 is 10.0 Å². The van der Waals surface area contributed by atoms with Gasteiger partial charge in [0.05, 0.1) is 5.75 Å². The number of hydrogen-bond donors (Lipinski definition) is 1. The quantitative estimate of drug-likeness (QED) is 0.854. The number of ether oxygens (including phenoxy) is 1. The third kappa shape index (κ3) is 3.96. The molecule has 0 saturated carbocycles. The lowest BCUT2D eigenvalue weighted by atomic mass is 9.85. The molecule has 3 heterocycles. The van der Waals surface area contributed by atoms with E-state index in [1.54, 1.807) is 0 Å². The van der Waals surface area contributed by atoms with Gasteiger partial charge < -0.3 is 9.64 Å². The van der Waals surface area contributed by atoms with Crippen LogP contribution in [-0.2, 0) is 10.0 Å². The van der Waals surface area contributed by atoms with Gasteiger partial charge in [0.1, 0.15) is 12.4 Å². The van der Waals surface area contributed by atoms with Gasteiger partial charge in [0.15, 0.2) is 0 Å². The predicted molar refractivity (Wildman–Crippen MR) is 81.8 cm³/mol. The topological polar surface area (TPSA) is 58.6 Å². The van der Waals surface area contributed by atoms with Gasteiger partial charge in [0.25, 0.3) is 0 Å². The van der Waals surface area contributed by atoms with Crippen molar-refractivity contribution in [2.45, 2.75) is 18.9 Å². The van der Waals surface area contributed by atoms with E-state index >= 15 is 0 Å². The molecule has 4 rings (SSSR count). The number of hydrogen-bond acceptors (Lipinski definition) is 4. The molecule has 5 nitrogen and oxygen atoms in total. The van der Waals surface area contributed by atoms with Gasteiger partial charge in [-0.2, -0.15) is 0 Å². The summed E-state index contributed by atoms with van der Waals surface area (Å²) in [7, 11) is -3.28. The molecule has 0 spiro atoms. The minimum atomic E-state index is -3.28. The van der Waals surface area contributed by atoms with Gasteiger partial charge >= 0.3 is 0 Å². The molecule has 0 radical (unpaired) electrons. The van der Waals surface area contributed by atoms with Crippen molar-refractivity contribution < 1.29 is 13.2 Å². The van der Waals surface area contributed by atoms with Crippen molar-refractivity contribution in [2.75, 3.05) is 32.0 Å². The Bertz CT molecular complexity index is 554. The largest absolute Gasteiger partial charge is 0.492 e. The predicted octanol–water partition coefficient (Wildman–Crippen LogP) is 1.08. The smallest absolute Gasteiger partial charge is 0.215 e. The normalized spacial score (nSPS) is 28.5. The van der Waals surface area contributed by atoms with Gasteiger partial charge in [-0.1, -0.05) is 18.2 Å². The molecule has 1 aromatic rings. The second-order valence-electron chi connectivity index (χ2n) is 5.84. The third-order valence-electron chi connectivity index (χ3n) is 4.35. The molecular weight excluding hydrogens is 288 g/mol. The number of fused-ring (bicyclic) bond motifs is 3. The Morgan fingerprint density at radius 3 is 2.52 bits per heavy atom. The van der Waals surface area contributed by atoms with E-state index in [4.69, 9.17) is 4.74 Å². The van der Waals surface area contributed by atoms with Crippen molar-refractivity contribution in [1.82, 2.24) is 9.62 Å². The lowest BCUT2D eigenvalue weighted by Gasteiger charge is -2.44. The molecule has 116 valence electrons. The Kier molecular flexibility index (Phi) is 4.47. The van der Waals surface area contributed by atoms with Gasteiger partial charge in [0.2, 0.25) is 10.0 Å². The number of benzene rings is 1. The first kappa shape index (κ1) is 14.8. The zero-order chi connectivity index (χ0) is 14.7. The van der Waals surface area contributed by atoms with Gasteiger partial charge in [-0.3, -0.25) is 0 Å². The molecule has 0 aromatic heterocycles. The summed E-state index contributed by atoms with van der Waals surface area (Å²) < 4.78 is 32.6. The van der Waals surface area contributed by atoms with Crippen LogP contribution in [0.2, 0.25) is 0 Å². The molecule has 21 heavy (non-hydrogen) atoms. The fourth-order valence-corrected chi connectivity index (χ4v) is 4.32. The summed E-state index contributed by atoms with van der Waals surface area (Å²) in [5, 5.41) is 0. The van der Waals surface area contributed by atoms with E-state index < -0.39 is 10.0 Å². The molecule has 3 aliphatic heterocycles. The third-order valence-corrected chi connectivity index (χ3v) is 5.72. The van der Waals surface area contributed by atoms with Crippen molar-refractivity contribution in [3.8, 4) is 5.75 Å². The Labute approximate surface area is 126 Å². The van der Waals surface area contributed by atoms with Gasteiger partial charge in [-0.15, -0.1) is 0 Å². The minimum absolute atomic E-state index is 0.00507. The van der Waals surface area contributed by atoms with E-state index in [0.29, 0.717) is 11.7 Å². The first-order valence-electron chi connectivity index (χ1n) is 7.53. The van der Waals surface area contributed by atoms with Crippen molar-refractivity contribution in [2.24, 2.45) is 5.92 Å². The maximum Gasteiger partial charge on any atom is 0.215 e. The molecule has 1 N–H and O–H groups in total. The van der Waals surface area contributed by atoms with E-state index in [-0.39, 0.29) is 18.4 Å². The zero-order valence-electron chi connectivity index (χ0n) is 12.1. The van der Waals surface area contributed by atoms with E-state index in [1.165, 1.54) is 0 Å². The highest BCUT2D eigenvalue weighted by Gasteiger charge is 2.36. The Hall–Kier alpha value is -1.11. The molecule has 1 unspecified atom stereocenters. The van der Waals surface area contributed by atoms with Crippen molar-refractivity contribution in [3.05, 3.63) is 30.3 Å². The average Bonchev–Trinajstić information content (AvgIpc) is 2.49. The number of nitrogens with one attached hydrogen (secondary N) is 1. The van der Waals surface area contributed by atoms with E-state index in [2.05, 4.69) is 9.62 Å². The molecule has 0 aliphatic carbocycles. The SMILES string of the molecule is O=S(=O)(CCOc1ccccc1)NC1CN2CCC1CC2. The Morgan fingerprint density at radius 2 is 1.90 bits per heavy atom. The lowest BCUT2D eigenvalue weighted by molar-refractivity contribution is 0.0826. The Morgan fingerprint density at radius 1 is 1.19 bits per heavy atom. The summed E-state index contributed by atoms with van der Waals surface area (Å²) in [4.78, 5) is 2.34. The molecule has 1 atom stereocenters. The zero-order valence-corrected chi connectivity index (χ0v) is 12.9. The van der Waals surface area contributed by atoms with Crippen molar-refractivity contribution in [1.29, 1.82) is 0 Å². The van der Waals surface area contributed by atoms with Crippen LogP contribution in [-0.4, -0.2) is 51.4 Å². The number of rotatable bonds is 6. The summed E-state index contributed by atoms with van der Waals surface area (Å²) in [5.74, 6) is 1.21.